The number of benzene rings is 2. The summed E-state index contributed by atoms with van der Waals surface area (Å²) in [5, 5.41) is 5.77. The van der Waals surface area contributed by atoms with E-state index in [0.29, 0.717) is 30.8 Å². The van der Waals surface area contributed by atoms with E-state index in [1.807, 2.05) is 30.3 Å². The van der Waals surface area contributed by atoms with Gasteiger partial charge in [0.05, 0.1) is 12.3 Å². The maximum Gasteiger partial charge on any atom is 0.291 e. The topological polar surface area (TPSA) is 91.7 Å². The standard InChI is InChI=1S/C24H23N3O4/c28-22-9-4-14-27(22)16-20(17-6-2-1-3-7-17)26-23(29)18-10-12-19(13-11-18)25-24(30)21-8-5-15-31-21/h1-3,5-8,10-13,15,20H,4,9,14,16H2,(H,25,30)(H,26,29). The van der Waals surface area contributed by atoms with Gasteiger partial charge in [-0.25, -0.2) is 0 Å². The summed E-state index contributed by atoms with van der Waals surface area (Å²) in [6.07, 6.45) is 2.83. The summed E-state index contributed by atoms with van der Waals surface area (Å²) in [6, 6.07) is 19.2. The predicted molar refractivity (Wildman–Crippen MR) is 116 cm³/mol. The Morgan fingerprint density at radius 1 is 0.968 bits per heavy atom. The SMILES string of the molecule is O=C(NC(CN1CCCC1=O)c1ccccc1)c1ccc(NC(=O)c2ccco2)cc1. The molecule has 1 fully saturated rings. The number of furan rings is 1. The number of anilines is 1. The van der Waals surface area contributed by atoms with Crippen LogP contribution in [0.3, 0.4) is 0 Å². The Labute approximate surface area is 180 Å². The number of nitrogens with zero attached hydrogens (tertiary/aromatic N) is 1. The summed E-state index contributed by atoms with van der Waals surface area (Å²) in [7, 11) is 0. The van der Waals surface area contributed by atoms with E-state index in [0.717, 1.165) is 12.0 Å². The van der Waals surface area contributed by atoms with Crippen molar-refractivity contribution in [3.8, 4) is 0 Å². The quantitative estimate of drug-likeness (QED) is 0.614. The molecule has 7 nitrogen and oxygen atoms in total. The first kappa shape index (κ1) is 20.4. The van der Waals surface area contributed by atoms with Crippen LogP contribution < -0.4 is 10.6 Å². The van der Waals surface area contributed by atoms with Crippen molar-refractivity contribution in [2.45, 2.75) is 18.9 Å². The Bertz CT molecular complexity index is 1050. The molecule has 2 N–H and O–H groups in total. The van der Waals surface area contributed by atoms with Gasteiger partial charge in [-0.2, -0.15) is 0 Å². The van der Waals surface area contributed by atoms with Gasteiger partial charge in [-0.15, -0.1) is 0 Å². The molecule has 4 rings (SSSR count). The van der Waals surface area contributed by atoms with E-state index in [2.05, 4.69) is 10.6 Å². The monoisotopic (exact) mass is 417 g/mol. The minimum Gasteiger partial charge on any atom is -0.459 e. The summed E-state index contributed by atoms with van der Waals surface area (Å²) in [5.41, 5.74) is 1.96. The van der Waals surface area contributed by atoms with Crippen molar-refractivity contribution in [1.82, 2.24) is 10.2 Å². The molecule has 1 aliphatic rings. The van der Waals surface area contributed by atoms with Crippen molar-refractivity contribution in [2.24, 2.45) is 0 Å². The maximum absolute atomic E-state index is 12.9. The number of carbonyl (C=O) groups is 3. The molecular weight excluding hydrogens is 394 g/mol. The van der Waals surface area contributed by atoms with Crippen LogP contribution in [0.25, 0.3) is 0 Å². The van der Waals surface area contributed by atoms with Crippen molar-refractivity contribution in [3.05, 3.63) is 89.9 Å². The summed E-state index contributed by atoms with van der Waals surface area (Å²) < 4.78 is 5.07. The van der Waals surface area contributed by atoms with Gasteiger partial charge in [0.25, 0.3) is 11.8 Å². The zero-order valence-corrected chi connectivity index (χ0v) is 16.9. The number of rotatable bonds is 7. The van der Waals surface area contributed by atoms with Crippen molar-refractivity contribution >= 4 is 23.4 Å². The first-order valence-electron chi connectivity index (χ1n) is 10.2. The molecule has 31 heavy (non-hydrogen) atoms. The minimum absolute atomic E-state index is 0.117. The zero-order chi connectivity index (χ0) is 21.6. The number of likely N-dealkylation sites (tertiary alicyclic amines) is 1. The molecule has 0 bridgehead atoms. The average Bonchev–Trinajstić information content (AvgIpc) is 3.47. The number of hydrogen-bond donors (Lipinski definition) is 2. The third kappa shape index (κ3) is 5.01. The fraction of sp³-hybridized carbons (Fsp3) is 0.208. The van der Waals surface area contributed by atoms with Gasteiger partial charge in [-0.1, -0.05) is 30.3 Å². The molecule has 0 aliphatic carbocycles. The van der Waals surface area contributed by atoms with Gasteiger partial charge < -0.3 is 20.0 Å². The molecule has 0 spiro atoms. The highest BCUT2D eigenvalue weighted by Gasteiger charge is 2.25. The molecule has 1 aromatic heterocycles. The van der Waals surface area contributed by atoms with Crippen LogP contribution in [0.2, 0.25) is 0 Å². The number of hydrogen-bond acceptors (Lipinski definition) is 4. The first-order valence-corrected chi connectivity index (χ1v) is 10.2. The number of amides is 3. The van der Waals surface area contributed by atoms with Crippen LogP contribution in [-0.4, -0.2) is 35.7 Å². The molecule has 0 radical (unpaired) electrons. The molecular formula is C24H23N3O4. The van der Waals surface area contributed by atoms with E-state index in [-0.39, 0.29) is 29.5 Å². The normalized spacial score (nSPS) is 14.3. The van der Waals surface area contributed by atoms with Gasteiger partial charge in [0.2, 0.25) is 5.91 Å². The second-order valence-corrected chi connectivity index (χ2v) is 7.39. The minimum atomic E-state index is -0.360. The Morgan fingerprint density at radius 2 is 1.74 bits per heavy atom. The Hall–Kier alpha value is -3.87. The molecule has 158 valence electrons. The van der Waals surface area contributed by atoms with Crippen LogP contribution in [0.1, 0.15) is 45.4 Å². The highest BCUT2D eigenvalue weighted by Crippen LogP contribution is 2.20. The van der Waals surface area contributed by atoms with Gasteiger partial charge in [0.1, 0.15) is 0 Å². The van der Waals surface area contributed by atoms with Gasteiger partial charge in [0, 0.05) is 30.8 Å². The second kappa shape index (κ2) is 9.30. The first-order chi connectivity index (χ1) is 15.1. The summed E-state index contributed by atoms with van der Waals surface area (Å²) in [5.74, 6) is -0.276. The fourth-order valence-electron chi connectivity index (χ4n) is 3.58. The Morgan fingerprint density at radius 3 is 2.39 bits per heavy atom. The largest absolute Gasteiger partial charge is 0.459 e. The van der Waals surface area contributed by atoms with Crippen LogP contribution in [0.5, 0.6) is 0 Å². The van der Waals surface area contributed by atoms with Crippen molar-refractivity contribution in [2.75, 3.05) is 18.4 Å². The van der Waals surface area contributed by atoms with Crippen LogP contribution in [0, 0.1) is 0 Å². The number of carbonyl (C=O) groups excluding carboxylic acids is 3. The van der Waals surface area contributed by atoms with E-state index in [1.165, 1.54) is 6.26 Å². The molecule has 7 heteroatoms. The lowest BCUT2D eigenvalue weighted by Crippen LogP contribution is -2.38. The van der Waals surface area contributed by atoms with Crippen LogP contribution in [-0.2, 0) is 4.79 Å². The third-order valence-corrected chi connectivity index (χ3v) is 5.23. The lowest BCUT2D eigenvalue weighted by atomic mass is 10.1. The van der Waals surface area contributed by atoms with E-state index in [1.54, 1.807) is 41.3 Å². The van der Waals surface area contributed by atoms with E-state index in [9.17, 15) is 14.4 Å². The predicted octanol–water partition coefficient (Wildman–Crippen LogP) is 3.63. The highest BCUT2D eigenvalue weighted by atomic mass is 16.3. The van der Waals surface area contributed by atoms with E-state index < -0.39 is 0 Å². The van der Waals surface area contributed by atoms with Crippen LogP contribution >= 0.6 is 0 Å². The van der Waals surface area contributed by atoms with Crippen LogP contribution in [0.4, 0.5) is 5.69 Å². The molecule has 2 heterocycles. The lowest BCUT2D eigenvalue weighted by Gasteiger charge is -2.25. The lowest BCUT2D eigenvalue weighted by molar-refractivity contribution is -0.128. The smallest absolute Gasteiger partial charge is 0.291 e. The van der Waals surface area contributed by atoms with E-state index in [4.69, 9.17) is 4.42 Å². The molecule has 1 atom stereocenters. The molecule has 2 aromatic carbocycles. The van der Waals surface area contributed by atoms with Gasteiger partial charge in [0.15, 0.2) is 5.76 Å². The van der Waals surface area contributed by atoms with Gasteiger partial charge >= 0.3 is 0 Å². The Kier molecular flexibility index (Phi) is 6.12. The molecule has 1 unspecified atom stereocenters. The summed E-state index contributed by atoms with van der Waals surface area (Å²) >= 11 is 0. The Balaban J connectivity index is 1.44. The van der Waals surface area contributed by atoms with Crippen molar-refractivity contribution < 1.29 is 18.8 Å². The third-order valence-electron chi connectivity index (χ3n) is 5.23. The fourth-order valence-corrected chi connectivity index (χ4v) is 3.58. The zero-order valence-electron chi connectivity index (χ0n) is 16.9. The molecule has 3 aromatic rings. The van der Waals surface area contributed by atoms with Crippen LogP contribution in [0.15, 0.2) is 77.4 Å². The summed E-state index contributed by atoms with van der Waals surface area (Å²) in [6.45, 7) is 1.15. The summed E-state index contributed by atoms with van der Waals surface area (Å²) in [4.78, 5) is 38.8. The maximum atomic E-state index is 12.9. The number of nitrogens with one attached hydrogen (secondary N) is 2. The molecule has 0 saturated carbocycles. The van der Waals surface area contributed by atoms with E-state index >= 15 is 0 Å². The average molecular weight is 417 g/mol. The molecule has 1 saturated heterocycles. The van der Waals surface area contributed by atoms with Gasteiger partial charge in [-0.05, 0) is 48.4 Å². The second-order valence-electron chi connectivity index (χ2n) is 7.39. The molecule has 3 amide bonds. The van der Waals surface area contributed by atoms with Crippen molar-refractivity contribution in [1.29, 1.82) is 0 Å². The molecule has 1 aliphatic heterocycles. The van der Waals surface area contributed by atoms with Gasteiger partial charge in [-0.3, -0.25) is 14.4 Å². The van der Waals surface area contributed by atoms with Crippen molar-refractivity contribution in [3.63, 3.8) is 0 Å². The highest BCUT2D eigenvalue weighted by molar-refractivity contribution is 6.02.